The van der Waals surface area contributed by atoms with Crippen LogP contribution in [0.3, 0.4) is 0 Å². The Morgan fingerprint density at radius 3 is 2.30 bits per heavy atom. The second-order valence-corrected chi connectivity index (χ2v) is 5.62. The Balaban J connectivity index is 2.88. The maximum Gasteiger partial charge on any atom is 0.306 e. The van der Waals surface area contributed by atoms with Crippen LogP contribution in [-0.4, -0.2) is 22.2 Å². The van der Waals surface area contributed by atoms with Crippen LogP contribution in [0.5, 0.6) is 0 Å². The topological polar surface area (TPSA) is 74.6 Å². The van der Waals surface area contributed by atoms with E-state index in [-0.39, 0.29) is 11.8 Å². The second-order valence-electron chi connectivity index (χ2n) is 5.62. The molecule has 110 valence electrons. The fourth-order valence-electron chi connectivity index (χ4n) is 2.60. The van der Waals surface area contributed by atoms with Gasteiger partial charge in [0.05, 0.1) is 5.92 Å². The first-order valence-electron chi connectivity index (χ1n) is 6.85. The molecule has 0 heterocycles. The third-order valence-corrected chi connectivity index (χ3v) is 3.77. The molecule has 0 bridgehead atoms. The number of hydrogen-bond donors (Lipinski definition) is 2. The molecule has 1 rings (SSSR count). The maximum atomic E-state index is 11.1. The molecular formula is C16H22O4. The van der Waals surface area contributed by atoms with Crippen LogP contribution in [0.15, 0.2) is 30.3 Å². The summed E-state index contributed by atoms with van der Waals surface area (Å²) in [5.74, 6) is -2.08. The zero-order valence-electron chi connectivity index (χ0n) is 12.0. The average molecular weight is 278 g/mol. The van der Waals surface area contributed by atoms with Crippen molar-refractivity contribution in [1.82, 2.24) is 0 Å². The van der Waals surface area contributed by atoms with Crippen molar-refractivity contribution in [3.63, 3.8) is 0 Å². The molecule has 0 aromatic heterocycles. The lowest BCUT2D eigenvalue weighted by Crippen LogP contribution is -2.28. The normalized spacial score (nSPS) is 15.3. The molecule has 2 N–H and O–H groups in total. The highest BCUT2D eigenvalue weighted by atomic mass is 16.4. The summed E-state index contributed by atoms with van der Waals surface area (Å²) in [5.41, 5.74) is 0.757. The van der Waals surface area contributed by atoms with Crippen molar-refractivity contribution in [2.45, 2.75) is 44.9 Å². The molecule has 0 aliphatic carbocycles. The van der Waals surface area contributed by atoms with Crippen molar-refractivity contribution < 1.29 is 19.8 Å². The van der Waals surface area contributed by atoms with E-state index in [0.717, 1.165) is 5.56 Å². The van der Waals surface area contributed by atoms with Gasteiger partial charge in [0.2, 0.25) is 0 Å². The summed E-state index contributed by atoms with van der Waals surface area (Å²) in [6, 6.07) is 9.74. The van der Waals surface area contributed by atoms with E-state index in [2.05, 4.69) is 0 Å². The number of benzene rings is 1. The van der Waals surface area contributed by atoms with Crippen LogP contribution in [-0.2, 0) is 15.0 Å². The molecule has 0 fully saturated rings. The Labute approximate surface area is 119 Å². The van der Waals surface area contributed by atoms with Gasteiger partial charge in [-0.1, -0.05) is 44.2 Å². The molecule has 0 radical (unpaired) electrons. The Hall–Kier alpha value is -1.84. The van der Waals surface area contributed by atoms with E-state index in [4.69, 9.17) is 10.2 Å². The molecular weight excluding hydrogens is 256 g/mol. The molecule has 0 saturated heterocycles. The third-order valence-electron chi connectivity index (χ3n) is 3.77. The standard InChI is InChI=1S/C16H22O4/c1-12(15(19)20)11-16(2,10-6-9-14(17)18)13-7-4-3-5-8-13/h3-5,7-8,12H,6,9-11H2,1-2H3,(H,17,18)(H,19,20). The van der Waals surface area contributed by atoms with Crippen LogP contribution < -0.4 is 0 Å². The minimum atomic E-state index is -0.814. The number of carbonyl (C=O) groups is 2. The summed E-state index contributed by atoms with van der Waals surface area (Å²) in [6.07, 6.45) is 1.84. The number of carboxylic acids is 2. The molecule has 4 nitrogen and oxygen atoms in total. The number of rotatable bonds is 8. The van der Waals surface area contributed by atoms with Crippen LogP contribution in [0.1, 0.15) is 45.1 Å². The molecule has 2 unspecified atom stereocenters. The first kappa shape index (κ1) is 16.2. The molecule has 1 aromatic rings. The smallest absolute Gasteiger partial charge is 0.306 e. The van der Waals surface area contributed by atoms with Crippen molar-refractivity contribution in [3.8, 4) is 0 Å². The second kappa shape index (κ2) is 7.08. The van der Waals surface area contributed by atoms with E-state index in [1.54, 1.807) is 6.92 Å². The fraction of sp³-hybridized carbons (Fsp3) is 0.500. The van der Waals surface area contributed by atoms with Crippen LogP contribution in [0.25, 0.3) is 0 Å². The van der Waals surface area contributed by atoms with Gasteiger partial charge in [-0.05, 0) is 30.2 Å². The number of carboxylic acid groups (broad SMARTS) is 2. The van der Waals surface area contributed by atoms with Crippen molar-refractivity contribution >= 4 is 11.9 Å². The lowest BCUT2D eigenvalue weighted by atomic mass is 9.72. The van der Waals surface area contributed by atoms with Crippen LogP contribution >= 0.6 is 0 Å². The van der Waals surface area contributed by atoms with Gasteiger partial charge in [-0.3, -0.25) is 9.59 Å². The van der Waals surface area contributed by atoms with Crippen molar-refractivity contribution in [2.24, 2.45) is 5.92 Å². The highest BCUT2D eigenvalue weighted by Crippen LogP contribution is 2.36. The van der Waals surface area contributed by atoms with Gasteiger partial charge in [0.25, 0.3) is 0 Å². The van der Waals surface area contributed by atoms with Crippen molar-refractivity contribution in [1.29, 1.82) is 0 Å². The number of hydrogen-bond acceptors (Lipinski definition) is 2. The summed E-state index contributed by atoms with van der Waals surface area (Å²) in [7, 11) is 0. The Bertz CT molecular complexity index is 455. The van der Waals surface area contributed by atoms with Crippen LogP contribution in [0, 0.1) is 5.92 Å². The van der Waals surface area contributed by atoms with E-state index in [9.17, 15) is 9.59 Å². The molecule has 2 atom stereocenters. The zero-order valence-corrected chi connectivity index (χ0v) is 12.0. The van der Waals surface area contributed by atoms with E-state index >= 15 is 0 Å². The molecule has 0 spiro atoms. The quantitative estimate of drug-likeness (QED) is 0.765. The van der Waals surface area contributed by atoms with Gasteiger partial charge in [0, 0.05) is 6.42 Å². The highest BCUT2D eigenvalue weighted by Gasteiger charge is 2.30. The van der Waals surface area contributed by atoms with Gasteiger partial charge in [0.15, 0.2) is 0 Å². The van der Waals surface area contributed by atoms with Crippen LogP contribution in [0.2, 0.25) is 0 Å². The summed E-state index contributed by atoms with van der Waals surface area (Å²) in [4.78, 5) is 21.8. The highest BCUT2D eigenvalue weighted by molar-refractivity contribution is 5.69. The van der Waals surface area contributed by atoms with Gasteiger partial charge < -0.3 is 10.2 Å². The molecule has 20 heavy (non-hydrogen) atoms. The Morgan fingerprint density at radius 2 is 1.80 bits per heavy atom. The van der Waals surface area contributed by atoms with Crippen molar-refractivity contribution in [2.75, 3.05) is 0 Å². The lowest BCUT2D eigenvalue weighted by molar-refractivity contribution is -0.142. The molecule has 0 aliphatic heterocycles. The van der Waals surface area contributed by atoms with Gasteiger partial charge in [-0.15, -0.1) is 0 Å². The molecule has 0 aliphatic rings. The Kier molecular flexibility index (Phi) is 5.74. The first-order chi connectivity index (χ1) is 9.35. The van der Waals surface area contributed by atoms with E-state index in [1.807, 2.05) is 37.3 Å². The summed E-state index contributed by atoms with van der Waals surface area (Å²) >= 11 is 0. The minimum Gasteiger partial charge on any atom is -0.481 e. The van der Waals surface area contributed by atoms with E-state index in [0.29, 0.717) is 19.3 Å². The maximum absolute atomic E-state index is 11.1. The number of aliphatic carboxylic acids is 2. The fourth-order valence-corrected chi connectivity index (χ4v) is 2.60. The molecule has 4 heteroatoms. The van der Waals surface area contributed by atoms with Crippen LogP contribution in [0.4, 0.5) is 0 Å². The summed E-state index contributed by atoms with van der Waals surface area (Å²) in [5, 5.41) is 17.9. The van der Waals surface area contributed by atoms with E-state index < -0.39 is 17.9 Å². The molecule has 0 amide bonds. The zero-order chi connectivity index (χ0) is 15.2. The summed E-state index contributed by atoms with van der Waals surface area (Å²) in [6.45, 7) is 3.71. The predicted molar refractivity (Wildman–Crippen MR) is 76.7 cm³/mol. The van der Waals surface area contributed by atoms with Crippen molar-refractivity contribution in [3.05, 3.63) is 35.9 Å². The van der Waals surface area contributed by atoms with E-state index in [1.165, 1.54) is 0 Å². The largest absolute Gasteiger partial charge is 0.481 e. The lowest BCUT2D eigenvalue weighted by Gasteiger charge is -2.32. The molecule has 0 saturated carbocycles. The minimum absolute atomic E-state index is 0.115. The predicted octanol–water partition coefficient (Wildman–Crippen LogP) is 3.31. The molecule has 1 aromatic carbocycles. The van der Waals surface area contributed by atoms with Gasteiger partial charge in [-0.2, -0.15) is 0 Å². The summed E-state index contributed by atoms with van der Waals surface area (Å²) < 4.78 is 0. The van der Waals surface area contributed by atoms with Gasteiger partial charge in [0.1, 0.15) is 0 Å². The monoisotopic (exact) mass is 278 g/mol. The Morgan fingerprint density at radius 1 is 1.20 bits per heavy atom. The SMILES string of the molecule is CC(CC(C)(CCCC(=O)O)c1ccccc1)C(=O)O. The first-order valence-corrected chi connectivity index (χ1v) is 6.85. The average Bonchev–Trinajstić information content (AvgIpc) is 2.39. The third kappa shape index (κ3) is 4.68. The van der Waals surface area contributed by atoms with Gasteiger partial charge in [-0.25, -0.2) is 0 Å². The van der Waals surface area contributed by atoms with Gasteiger partial charge >= 0.3 is 11.9 Å².